The van der Waals surface area contributed by atoms with Gasteiger partial charge in [-0.15, -0.1) is 0 Å². The summed E-state index contributed by atoms with van der Waals surface area (Å²) in [6, 6.07) is 5.87. The number of amides is 3. The smallest absolute Gasteiger partial charge is 0.333 e. The molecule has 0 atom stereocenters. The molecule has 0 aromatic heterocycles. The van der Waals surface area contributed by atoms with Crippen LogP contribution in [-0.4, -0.2) is 43.0 Å². The maximum absolute atomic E-state index is 12.7. The minimum absolute atomic E-state index is 0.241. The molecule has 6 heteroatoms. The Morgan fingerprint density at radius 1 is 1.04 bits per heavy atom. The number of carbonyl (C=O) groups is 2. The topological polar surface area (TPSA) is 73.5 Å². The summed E-state index contributed by atoms with van der Waals surface area (Å²) in [5.41, 5.74) is 8.16. The number of hydrogen-bond acceptors (Lipinski definition) is 3. The Kier molecular flexibility index (Phi) is 6.72. The molecule has 0 bridgehead atoms. The summed E-state index contributed by atoms with van der Waals surface area (Å²) in [5, 5.41) is 2.61. The first-order valence-electron chi connectivity index (χ1n) is 10.3. The number of piperidine rings is 1. The van der Waals surface area contributed by atoms with Crippen LogP contribution in [0.15, 0.2) is 18.2 Å². The molecule has 0 spiro atoms. The average Bonchev–Trinajstić information content (AvgIpc) is 3.52. The Morgan fingerprint density at radius 2 is 1.78 bits per heavy atom. The molecule has 1 aliphatic carbocycles. The van der Waals surface area contributed by atoms with Crippen LogP contribution in [0, 0.1) is 0 Å². The molecule has 6 nitrogen and oxygen atoms in total. The summed E-state index contributed by atoms with van der Waals surface area (Å²) in [6.07, 6.45) is 5.84. The average molecular weight is 373 g/mol. The van der Waals surface area contributed by atoms with Crippen LogP contribution >= 0.6 is 0 Å². The van der Waals surface area contributed by atoms with Crippen molar-refractivity contribution in [3.63, 3.8) is 0 Å². The van der Waals surface area contributed by atoms with Crippen LogP contribution < -0.4 is 16.2 Å². The normalized spacial score (nSPS) is 18.1. The van der Waals surface area contributed by atoms with Crippen LogP contribution in [0.5, 0.6) is 0 Å². The lowest BCUT2D eigenvalue weighted by Crippen LogP contribution is -2.47. The predicted molar refractivity (Wildman–Crippen MR) is 107 cm³/mol. The van der Waals surface area contributed by atoms with E-state index < -0.39 is 6.03 Å². The zero-order chi connectivity index (χ0) is 19.2. The van der Waals surface area contributed by atoms with Gasteiger partial charge in [0.25, 0.3) is 5.91 Å². The van der Waals surface area contributed by atoms with Crippen molar-refractivity contribution in [3.05, 3.63) is 34.9 Å². The van der Waals surface area contributed by atoms with Crippen LogP contribution in [-0.2, 0) is 0 Å². The number of hydrogen-bond donors (Lipinski definition) is 3. The number of hydrazine groups is 1. The maximum Gasteiger partial charge on any atom is 0.333 e. The molecule has 3 rings (SSSR count). The van der Waals surface area contributed by atoms with E-state index in [0.29, 0.717) is 23.9 Å². The van der Waals surface area contributed by atoms with Crippen molar-refractivity contribution in [2.75, 3.05) is 26.2 Å². The number of benzene rings is 1. The van der Waals surface area contributed by atoms with Gasteiger partial charge in [-0.2, -0.15) is 0 Å². The van der Waals surface area contributed by atoms with Crippen molar-refractivity contribution in [2.45, 2.75) is 57.8 Å². The van der Waals surface area contributed by atoms with Crippen molar-refractivity contribution >= 4 is 11.9 Å². The third-order valence-corrected chi connectivity index (χ3v) is 5.56. The van der Waals surface area contributed by atoms with E-state index in [1.54, 1.807) is 0 Å². The SMILES string of the molecule is CCCN1CCC(c2cc(C3CC3)ccc2C(=O)NNC(=O)NCC)CC1. The van der Waals surface area contributed by atoms with Gasteiger partial charge in [-0.25, -0.2) is 10.2 Å². The van der Waals surface area contributed by atoms with Gasteiger partial charge in [-0.3, -0.25) is 10.2 Å². The third kappa shape index (κ3) is 5.22. The highest BCUT2D eigenvalue weighted by Crippen LogP contribution is 2.42. The van der Waals surface area contributed by atoms with Crippen LogP contribution in [0.25, 0.3) is 0 Å². The molecule has 27 heavy (non-hydrogen) atoms. The van der Waals surface area contributed by atoms with E-state index in [2.05, 4.69) is 40.1 Å². The van der Waals surface area contributed by atoms with Crippen molar-refractivity contribution in [1.82, 2.24) is 21.1 Å². The van der Waals surface area contributed by atoms with Gasteiger partial charge in [0, 0.05) is 12.1 Å². The van der Waals surface area contributed by atoms with E-state index in [0.717, 1.165) is 38.0 Å². The number of likely N-dealkylation sites (tertiary alicyclic amines) is 1. The minimum Gasteiger partial charge on any atom is -0.337 e. The number of nitrogens with one attached hydrogen (secondary N) is 3. The van der Waals surface area contributed by atoms with E-state index in [1.807, 2.05) is 13.0 Å². The van der Waals surface area contributed by atoms with Crippen LogP contribution in [0.1, 0.15) is 79.3 Å². The van der Waals surface area contributed by atoms with Gasteiger partial charge in [0.15, 0.2) is 0 Å². The second-order valence-electron chi connectivity index (χ2n) is 7.68. The molecule has 148 valence electrons. The Morgan fingerprint density at radius 3 is 2.41 bits per heavy atom. The second kappa shape index (κ2) is 9.22. The fraction of sp³-hybridized carbons (Fsp3) is 0.619. The van der Waals surface area contributed by atoms with Gasteiger partial charge in [-0.05, 0) is 87.7 Å². The van der Waals surface area contributed by atoms with E-state index in [1.165, 1.54) is 24.8 Å². The highest BCUT2D eigenvalue weighted by molar-refractivity contribution is 5.97. The predicted octanol–water partition coefficient (Wildman–Crippen LogP) is 3.12. The highest BCUT2D eigenvalue weighted by atomic mass is 16.2. The van der Waals surface area contributed by atoms with E-state index >= 15 is 0 Å². The summed E-state index contributed by atoms with van der Waals surface area (Å²) in [5.74, 6) is 0.825. The molecule has 2 fully saturated rings. The van der Waals surface area contributed by atoms with Gasteiger partial charge in [0.1, 0.15) is 0 Å². The number of carbonyl (C=O) groups excluding carboxylic acids is 2. The van der Waals surface area contributed by atoms with Gasteiger partial charge >= 0.3 is 6.03 Å². The number of urea groups is 1. The summed E-state index contributed by atoms with van der Waals surface area (Å²) >= 11 is 0. The summed E-state index contributed by atoms with van der Waals surface area (Å²) in [7, 11) is 0. The lowest BCUT2D eigenvalue weighted by Gasteiger charge is -2.33. The van der Waals surface area contributed by atoms with Crippen molar-refractivity contribution in [2.24, 2.45) is 0 Å². The third-order valence-electron chi connectivity index (χ3n) is 5.56. The molecule has 1 saturated heterocycles. The minimum atomic E-state index is -0.394. The first-order chi connectivity index (χ1) is 13.1. The zero-order valence-corrected chi connectivity index (χ0v) is 16.5. The van der Waals surface area contributed by atoms with Gasteiger partial charge in [-0.1, -0.05) is 19.1 Å². The van der Waals surface area contributed by atoms with Crippen LogP contribution in [0.2, 0.25) is 0 Å². The summed E-state index contributed by atoms with van der Waals surface area (Å²) < 4.78 is 0. The fourth-order valence-corrected chi connectivity index (χ4v) is 3.97. The fourth-order valence-electron chi connectivity index (χ4n) is 3.97. The van der Waals surface area contributed by atoms with E-state index in [4.69, 9.17) is 0 Å². The molecule has 0 unspecified atom stereocenters. The number of nitrogens with zero attached hydrogens (tertiary/aromatic N) is 1. The molecule has 1 heterocycles. The molecular weight excluding hydrogens is 340 g/mol. The monoisotopic (exact) mass is 372 g/mol. The Balaban J connectivity index is 1.73. The Hall–Kier alpha value is -2.08. The highest BCUT2D eigenvalue weighted by Gasteiger charge is 2.28. The van der Waals surface area contributed by atoms with Gasteiger partial charge in [0.2, 0.25) is 0 Å². The van der Waals surface area contributed by atoms with Crippen molar-refractivity contribution < 1.29 is 9.59 Å². The Labute approximate surface area is 162 Å². The van der Waals surface area contributed by atoms with Crippen molar-refractivity contribution in [3.8, 4) is 0 Å². The molecule has 1 aliphatic heterocycles. The van der Waals surface area contributed by atoms with Crippen LogP contribution in [0.3, 0.4) is 0 Å². The zero-order valence-electron chi connectivity index (χ0n) is 16.5. The molecule has 3 amide bonds. The lowest BCUT2D eigenvalue weighted by atomic mass is 9.84. The first-order valence-corrected chi connectivity index (χ1v) is 10.3. The Bertz CT molecular complexity index is 664. The standard InChI is InChI=1S/C21H32N4O2/c1-3-11-25-12-9-16(10-13-25)19-14-17(15-5-6-15)7-8-18(19)20(26)23-24-21(27)22-4-2/h7-8,14-16H,3-6,9-13H2,1-2H3,(H,23,26)(H2,22,24,27). The molecule has 1 aromatic carbocycles. The molecular formula is C21H32N4O2. The largest absolute Gasteiger partial charge is 0.337 e. The van der Waals surface area contributed by atoms with E-state index in [9.17, 15) is 9.59 Å². The van der Waals surface area contributed by atoms with E-state index in [-0.39, 0.29) is 5.91 Å². The first kappa shape index (κ1) is 19.7. The van der Waals surface area contributed by atoms with Crippen molar-refractivity contribution in [1.29, 1.82) is 0 Å². The molecule has 1 aromatic rings. The molecule has 1 saturated carbocycles. The second-order valence-corrected chi connectivity index (χ2v) is 7.68. The van der Waals surface area contributed by atoms with Gasteiger partial charge < -0.3 is 10.2 Å². The summed E-state index contributed by atoms with van der Waals surface area (Å²) in [4.78, 5) is 26.8. The summed E-state index contributed by atoms with van der Waals surface area (Å²) in [6.45, 7) is 7.89. The number of rotatable bonds is 6. The maximum atomic E-state index is 12.7. The van der Waals surface area contributed by atoms with Gasteiger partial charge in [0.05, 0.1) is 0 Å². The molecule has 3 N–H and O–H groups in total. The lowest BCUT2D eigenvalue weighted by molar-refractivity contribution is 0.0934. The molecule has 2 aliphatic rings. The molecule has 0 radical (unpaired) electrons. The van der Waals surface area contributed by atoms with Crippen LogP contribution in [0.4, 0.5) is 4.79 Å². The quantitative estimate of drug-likeness (QED) is 0.672.